The maximum atomic E-state index is 14.1. The number of carbonyl (C=O) groups is 3. The molecule has 2 aromatic rings. The number of hydrogen-bond donors (Lipinski definition) is 3. The van der Waals surface area contributed by atoms with Crippen molar-refractivity contribution in [3.8, 4) is 5.75 Å². The van der Waals surface area contributed by atoms with E-state index in [0.29, 0.717) is 31.7 Å². The number of thioether (sulfide) groups is 1. The maximum absolute atomic E-state index is 14.1. The van der Waals surface area contributed by atoms with Gasteiger partial charge in [-0.2, -0.15) is 0 Å². The van der Waals surface area contributed by atoms with Crippen molar-refractivity contribution in [1.29, 1.82) is 0 Å². The third kappa shape index (κ3) is 5.21. The van der Waals surface area contributed by atoms with Gasteiger partial charge >= 0.3 is 0 Å². The third-order valence-corrected chi connectivity index (χ3v) is 10.4. The molecule has 2 bridgehead atoms. The van der Waals surface area contributed by atoms with E-state index in [1.54, 1.807) is 16.7 Å². The van der Waals surface area contributed by atoms with E-state index in [1.807, 2.05) is 63.2 Å². The topological polar surface area (TPSA) is 108 Å². The molecule has 9 heteroatoms. The van der Waals surface area contributed by atoms with Gasteiger partial charge in [-0.05, 0) is 94.3 Å². The fourth-order valence-corrected chi connectivity index (χ4v) is 8.88. The highest BCUT2D eigenvalue weighted by molar-refractivity contribution is 8.02. The molecule has 3 aliphatic rings. The van der Waals surface area contributed by atoms with Crippen molar-refractivity contribution in [2.45, 2.75) is 68.9 Å². The number of unbranched alkanes of at least 4 members (excludes halogenated alkanes) is 2. The fraction of sp³-hybridized carbons (Fsp3) is 0.516. The average Bonchev–Trinajstić information content (AvgIpc) is 3.57. The Morgan fingerprint density at radius 1 is 1.07 bits per heavy atom. The number of nitrogens with one attached hydrogen (secondary N) is 2. The summed E-state index contributed by atoms with van der Waals surface area (Å²) in [6.07, 6.45) is 3.63. The molecule has 214 valence electrons. The lowest BCUT2D eigenvalue weighted by Crippen LogP contribution is -2.51. The molecule has 5 rings (SSSR count). The molecule has 40 heavy (non-hydrogen) atoms. The first-order chi connectivity index (χ1) is 19.3. The fourth-order valence-electron chi connectivity index (χ4n) is 6.66. The number of aliphatic hydroxyl groups excluding tert-OH is 1. The number of fused-ring (bicyclic) bond motifs is 1. The van der Waals surface area contributed by atoms with E-state index in [4.69, 9.17) is 4.74 Å². The van der Waals surface area contributed by atoms with Gasteiger partial charge in [-0.25, -0.2) is 0 Å². The summed E-state index contributed by atoms with van der Waals surface area (Å²) in [6.45, 7) is 6.96. The van der Waals surface area contributed by atoms with Crippen LogP contribution in [0.15, 0.2) is 42.5 Å². The Hall–Kier alpha value is -3.04. The first-order valence-corrected chi connectivity index (χ1v) is 15.2. The van der Waals surface area contributed by atoms with Gasteiger partial charge in [-0.3, -0.25) is 14.4 Å². The van der Waals surface area contributed by atoms with Gasteiger partial charge in [0.1, 0.15) is 11.8 Å². The van der Waals surface area contributed by atoms with E-state index in [2.05, 4.69) is 10.6 Å². The summed E-state index contributed by atoms with van der Waals surface area (Å²) in [7, 11) is 0. The van der Waals surface area contributed by atoms with Gasteiger partial charge in [0.15, 0.2) is 0 Å². The van der Waals surface area contributed by atoms with Gasteiger partial charge in [0.2, 0.25) is 17.7 Å². The summed E-state index contributed by atoms with van der Waals surface area (Å²) in [5, 5.41) is 15.4. The van der Waals surface area contributed by atoms with Crippen LogP contribution in [0.25, 0.3) is 0 Å². The number of nitrogens with zero attached hydrogens (tertiary/aromatic N) is 1. The second-order valence-electron chi connectivity index (χ2n) is 11.1. The predicted molar refractivity (Wildman–Crippen MR) is 158 cm³/mol. The molecule has 3 N–H and O–H groups in total. The second-order valence-corrected chi connectivity index (χ2v) is 12.7. The summed E-state index contributed by atoms with van der Waals surface area (Å²) >= 11 is 1.67. The highest BCUT2D eigenvalue weighted by atomic mass is 32.2. The number of benzene rings is 2. The van der Waals surface area contributed by atoms with E-state index in [9.17, 15) is 19.5 Å². The van der Waals surface area contributed by atoms with Crippen molar-refractivity contribution >= 4 is 40.9 Å². The molecule has 2 aromatic carbocycles. The van der Waals surface area contributed by atoms with Crippen LogP contribution < -0.4 is 15.4 Å². The molecule has 0 radical (unpaired) electrons. The number of amides is 3. The third-order valence-electron chi connectivity index (χ3n) is 8.49. The molecule has 3 aliphatic heterocycles. The van der Waals surface area contributed by atoms with E-state index in [0.717, 1.165) is 41.8 Å². The number of likely N-dealkylation sites (tertiary alicyclic amines) is 1. The van der Waals surface area contributed by atoms with Crippen LogP contribution in [-0.4, -0.2) is 63.5 Å². The summed E-state index contributed by atoms with van der Waals surface area (Å²) in [6, 6.07) is 12.5. The molecule has 0 aliphatic carbocycles. The highest BCUT2D eigenvalue weighted by Gasteiger charge is 2.73. The minimum Gasteiger partial charge on any atom is -0.494 e. The van der Waals surface area contributed by atoms with Gasteiger partial charge in [0.05, 0.1) is 23.2 Å². The minimum absolute atomic E-state index is 0.0100. The van der Waals surface area contributed by atoms with E-state index < -0.39 is 22.6 Å². The predicted octanol–water partition coefficient (Wildman–Crippen LogP) is 4.53. The smallest absolute Gasteiger partial charge is 0.248 e. The number of aliphatic hydroxyl groups is 1. The van der Waals surface area contributed by atoms with Crippen molar-refractivity contribution in [2.24, 2.45) is 11.8 Å². The summed E-state index contributed by atoms with van der Waals surface area (Å²) in [5.41, 5.74) is 3.41. The molecule has 3 fully saturated rings. The standard InChI is InChI=1S/C31H39N3O5S/c1-4-39-22-12-10-21(11-13-22)32-28(36)25-24-14-15-31(40-24)26(25)30(38)34(16-6-5-7-17-35)27(31)29(37)33-23-18-19(2)8-9-20(23)3/h8-13,18,24-27,35H,4-7,14-17H2,1-3H3,(H,32,36)(H,33,37)/t24-,25+,26-,27?,31?/m0/s1. The average molecular weight is 566 g/mol. The van der Waals surface area contributed by atoms with Crippen molar-refractivity contribution in [3.63, 3.8) is 0 Å². The number of ether oxygens (including phenoxy) is 1. The van der Waals surface area contributed by atoms with Crippen LogP contribution in [0.5, 0.6) is 5.75 Å². The van der Waals surface area contributed by atoms with E-state index >= 15 is 0 Å². The zero-order valence-corrected chi connectivity index (χ0v) is 24.3. The highest BCUT2D eigenvalue weighted by Crippen LogP contribution is 2.66. The Kier molecular flexibility index (Phi) is 8.42. The van der Waals surface area contributed by atoms with Crippen LogP contribution in [0, 0.1) is 25.7 Å². The van der Waals surface area contributed by atoms with Gasteiger partial charge in [0, 0.05) is 29.8 Å². The number of anilines is 2. The normalized spacial score (nSPS) is 26.6. The summed E-state index contributed by atoms with van der Waals surface area (Å²) < 4.78 is 4.87. The number of hydrogen-bond acceptors (Lipinski definition) is 6. The first-order valence-electron chi connectivity index (χ1n) is 14.3. The molecule has 2 unspecified atom stereocenters. The SMILES string of the molecule is CCOc1ccc(NC(=O)[C@@H]2[C@@H]3CCC4(S3)C(C(=O)Nc3cc(C)ccc3C)N(CCCCCO)C(=O)[C@H]24)cc1. The van der Waals surface area contributed by atoms with Gasteiger partial charge in [-0.15, -0.1) is 11.8 Å². The molecule has 5 atom stereocenters. The van der Waals surface area contributed by atoms with Crippen molar-refractivity contribution < 1.29 is 24.2 Å². The Bertz CT molecular complexity index is 1270. The Balaban J connectivity index is 1.41. The Morgan fingerprint density at radius 2 is 1.85 bits per heavy atom. The van der Waals surface area contributed by atoms with Crippen molar-refractivity contribution in [3.05, 3.63) is 53.6 Å². The Labute approximate surface area is 240 Å². The van der Waals surface area contributed by atoms with E-state index in [-0.39, 0.29) is 29.6 Å². The molecule has 3 heterocycles. The van der Waals surface area contributed by atoms with Crippen LogP contribution in [0.1, 0.15) is 50.2 Å². The molecular formula is C31H39N3O5S. The number of carbonyl (C=O) groups excluding carboxylic acids is 3. The monoisotopic (exact) mass is 565 g/mol. The molecule has 0 aromatic heterocycles. The lowest BCUT2D eigenvalue weighted by atomic mass is 9.70. The van der Waals surface area contributed by atoms with Crippen LogP contribution >= 0.6 is 11.8 Å². The van der Waals surface area contributed by atoms with Gasteiger partial charge < -0.3 is 25.4 Å². The molecule has 8 nitrogen and oxygen atoms in total. The molecule has 0 saturated carbocycles. The van der Waals surface area contributed by atoms with Gasteiger partial charge in [-0.1, -0.05) is 12.1 Å². The number of aryl methyl sites for hydroxylation is 2. The van der Waals surface area contributed by atoms with Crippen LogP contribution in [0.3, 0.4) is 0 Å². The van der Waals surface area contributed by atoms with E-state index in [1.165, 1.54) is 0 Å². The zero-order valence-electron chi connectivity index (χ0n) is 23.4. The Morgan fingerprint density at radius 3 is 2.58 bits per heavy atom. The molecular weight excluding hydrogens is 526 g/mol. The minimum atomic E-state index is -0.655. The lowest BCUT2D eigenvalue weighted by molar-refractivity contribution is -0.138. The summed E-state index contributed by atoms with van der Waals surface area (Å²) in [5.74, 6) is -0.783. The second kappa shape index (κ2) is 11.8. The first kappa shape index (κ1) is 28.5. The zero-order chi connectivity index (χ0) is 28.4. The number of rotatable bonds is 11. The van der Waals surface area contributed by atoms with Gasteiger partial charge in [0.25, 0.3) is 0 Å². The molecule has 1 spiro atoms. The van der Waals surface area contributed by atoms with Crippen molar-refractivity contribution in [2.75, 3.05) is 30.4 Å². The quantitative estimate of drug-likeness (QED) is 0.346. The lowest BCUT2D eigenvalue weighted by Gasteiger charge is -2.34. The summed E-state index contributed by atoms with van der Waals surface area (Å²) in [4.78, 5) is 43.6. The van der Waals surface area contributed by atoms with Crippen molar-refractivity contribution in [1.82, 2.24) is 4.90 Å². The molecule has 3 saturated heterocycles. The molecule has 3 amide bonds. The van der Waals surface area contributed by atoms with Crippen LogP contribution in [-0.2, 0) is 14.4 Å². The largest absolute Gasteiger partial charge is 0.494 e. The van der Waals surface area contributed by atoms with Crippen LogP contribution in [0.4, 0.5) is 11.4 Å². The maximum Gasteiger partial charge on any atom is 0.248 e. The van der Waals surface area contributed by atoms with Crippen LogP contribution in [0.2, 0.25) is 0 Å².